The van der Waals surface area contributed by atoms with E-state index in [2.05, 4.69) is 34.5 Å². The molecule has 1 aliphatic rings. The van der Waals surface area contributed by atoms with E-state index in [-0.39, 0.29) is 18.1 Å². The molecule has 1 aromatic heterocycles. The number of hydrogen-bond acceptors (Lipinski definition) is 4. The van der Waals surface area contributed by atoms with Crippen molar-refractivity contribution in [1.82, 2.24) is 10.2 Å². The molecule has 2 heterocycles. The van der Waals surface area contributed by atoms with Crippen LogP contribution in [0.25, 0.3) is 0 Å². The molecule has 0 spiro atoms. The van der Waals surface area contributed by atoms with Crippen LogP contribution in [0, 0.1) is 0 Å². The Morgan fingerprint density at radius 1 is 1.33 bits per heavy atom. The van der Waals surface area contributed by atoms with Crippen molar-refractivity contribution < 1.29 is 9.53 Å². The molecule has 3 rings (SSSR count). The van der Waals surface area contributed by atoms with Crippen LogP contribution in [0.2, 0.25) is 0 Å². The van der Waals surface area contributed by atoms with Gasteiger partial charge in [0, 0.05) is 24.5 Å². The molecule has 0 saturated carbocycles. The maximum Gasteiger partial charge on any atom is 0.225 e. The second-order valence-corrected chi connectivity index (χ2v) is 7.27. The van der Waals surface area contributed by atoms with Crippen molar-refractivity contribution in [3.05, 3.63) is 58.3 Å². The number of nitrogens with one attached hydrogen (secondary N) is 1. The first-order valence-electron chi connectivity index (χ1n) is 8.40. The van der Waals surface area contributed by atoms with Gasteiger partial charge in [0.05, 0.1) is 25.2 Å². The van der Waals surface area contributed by atoms with E-state index in [0.29, 0.717) is 13.0 Å². The maximum atomic E-state index is 12.2. The summed E-state index contributed by atoms with van der Waals surface area (Å²) in [5.74, 6) is 0.0636. The van der Waals surface area contributed by atoms with Gasteiger partial charge in [0.2, 0.25) is 5.91 Å². The van der Waals surface area contributed by atoms with Crippen LogP contribution >= 0.6 is 11.3 Å². The smallest absolute Gasteiger partial charge is 0.225 e. The van der Waals surface area contributed by atoms with Crippen LogP contribution in [0.4, 0.5) is 0 Å². The fraction of sp³-hybridized carbons (Fsp3) is 0.421. The van der Waals surface area contributed by atoms with Crippen LogP contribution in [0.3, 0.4) is 0 Å². The predicted molar refractivity (Wildman–Crippen MR) is 97.1 cm³/mol. The van der Waals surface area contributed by atoms with E-state index in [4.69, 9.17) is 4.74 Å². The van der Waals surface area contributed by atoms with Gasteiger partial charge >= 0.3 is 0 Å². The summed E-state index contributed by atoms with van der Waals surface area (Å²) >= 11 is 1.62. The Morgan fingerprint density at radius 3 is 2.92 bits per heavy atom. The van der Waals surface area contributed by atoms with E-state index in [0.717, 1.165) is 24.5 Å². The summed E-state index contributed by atoms with van der Waals surface area (Å²) in [6.07, 6.45) is 0.484. The summed E-state index contributed by atoms with van der Waals surface area (Å²) in [5, 5.41) is 5.09. The number of thiophene rings is 1. The predicted octanol–water partition coefficient (Wildman–Crippen LogP) is 2.70. The van der Waals surface area contributed by atoms with Crippen molar-refractivity contribution in [1.29, 1.82) is 0 Å². The number of hydrogen-bond donors (Lipinski definition) is 1. The standard InChI is InChI=1S/C19H24N2O2S/c1-15(20-19(22)12-17-8-5-11-24-17)18-14-21(9-10-23-18)13-16-6-3-2-4-7-16/h2-8,11,15,18H,9-10,12-14H2,1H3,(H,20,22)/t15-,18+/m0/s1. The van der Waals surface area contributed by atoms with Gasteiger partial charge in [0.25, 0.3) is 0 Å². The third-order valence-corrected chi connectivity index (χ3v) is 5.16. The molecule has 0 aliphatic carbocycles. The monoisotopic (exact) mass is 344 g/mol. The minimum Gasteiger partial charge on any atom is -0.373 e. The Morgan fingerprint density at radius 2 is 2.17 bits per heavy atom. The largest absolute Gasteiger partial charge is 0.373 e. The van der Waals surface area contributed by atoms with Crippen molar-refractivity contribution in [3.63, 3.8) is 0 Å². The molecule has 5 heteroatoms. The Hall–Kier alpha value is -1.69. The van der Waals surface area contributed by atoms with Crippen LogP contribution in [-0.4, -0.2) is 42.6 Å². The molecule has 1 saturated heterocycles. The van der Waals surface area contributed by atoms with Crippen LogP contribution in [0.15, 0.2) is 47.8 Å². The molecule has 1 aliphatic heterocycles. The molecule has 1 aromatic carbocycles. The van der Waals surface area contributed by atoms with Crippen molar-refractivity contribution in [2.45, 2.75) is 32.0 Å². The molecule has 1 fully saturated rings. The van der Waals surface area contributed by atoms with Gasteiger partial charge in [-0.25, -0.2) is 0 Å². The van der Waals surface area contributed by atoms with E-state index in [1.165, 1.54) is 5.56 Å². The first-order valence-corrected chi connectivity index (χ1v) is 9.28. The zero-order valence-electron chi connectivity index (χ0n) is 14.0. The number of ether oxygens (including phenoxy) is 1. The van der Waals surface area contributed by atoms with Gasteiger partial charge in [0.15, 0.2) is 0 Å². The quantitative estimate of drug-likeness (QED) is 0.876. The van der Waals surface area contributed by atoms with E-state index >= 15 is 0 Å². The fourth-order valence-electron chi connectivity index (χ4n) is 2.99. The highest BCUT2D eigenvalue weighted by Crippen LogP contribution is 2.14. The summed E-state index contributed by atoms with van der Waals surface area (Å²) in [6.45, 7) is 5.44. The number of morpholine rings is 1. The highest BCUT2D eigenvalue weighted by molar-refractivity contribution is 7.10. The molecular weight excluding hydrogens is 320 g/mol. The number of nitrogens with zero attached hydrogens (tertiary/aromatic N) is 1. The first kappa shape index (κ1) is 17.1. The van der Waals surface area contributed by atoms with Crippen LogP contribution in [0.5, 0.6) is 0 Å². The average Bonchev–Trinajstić information content (AvgIpc) is 3.09. The average molecular weight is 344 g/mol. The van der Waals surface area contributed by atoms with Gasteiger partial charge < -0.3 is 10.1 Å². The van der Waals surface area contributed by atoms with Gasteiger partial charge in [-0.2, -0.15) is 0 Å². The Kier molecular flexibility index (Phi) is 6.01. The van der Waals surface area contributed by atoms with Crippen molar-refractivity contribution in [3.8, 4) is 0 Å². The molecule has 2 atom stereocenters. The number of benzene rings is 1. The highest BCUT2D eigenvalue weighted by atomic mass is 32.1. The molecule has 0 radical (unpaired) electrons. The number of amides is 1. The molecule has 1 N–H and O–H groups in total. The van der Waals surface area contributed by atoms with Crippen molar-refractivity contribution in [2.24, 2.45) is 0 Å². The SMILES string of the molecule is C[C@H](NC(=O)Cc1cccs1)[C@H]1CN(Cc2ccccc2)CCO1. The zero-order chi connectivity index (χ0) is 16.8. The van der Waals surface area contributed by atoms with Crippen molar-refractivity contribution in [2.75, 3.05) is 19.7 Å². The van der Waals surface area contributed by atoms with Gasteiger partial charge in [-0.05, 0) is 23.9 Å². The molecule has 128 valence electrons. The van der Waals surface area contributed by atoms with E-state index in [1.807, 2.05) is 30.5 Å². The van der Waals surface area contributed by atoms with Crippen LogP contribution in [-0.2, 0) is 22.5 Å². The topological polar surface area (TPSA) is 41.6 Å². The minimum atomic E-state index is 0.0102. The van der Waals surface area contributed by atoms with Gasteiger partial charge in [-0.3, -0.25) is 9.69 Å². The number of rotatable bonds is 6. The third-order valence-electron chi connectivity index (χ3n) is 4.29. The Bertz CT molecular complexity index is 630. The Balaban J connectivity index is 1.49. The second-order valence-electron chi connectivity index (χ2n) is 6.24. The summed E-state index contributed by atoms with van der Waals surface area (Å²) < 4.78 is 5.89. The lowest BCUT2D eigenvalue weighted by molar-refractivity contribution is -0.123. The molecule has 1 amide bonds. The molecule has 0 unspecified atom stereocenters. The summed E-state index contributed by atoms with van der Waals surface area (Å²) in [5.41, 5.74) is 1.31. The molecule has 0 bridgehead atoms. The maximum absolute atomic E-state index is 12.2. The minimum absolute atomic E-state index is 0.0102. The lowest BCUT2D eigenvalue weighted by Crippen LogP contribution is -2.52. The molecular formula is C19H24N2O2S. The van der Waals surface area contributed by atoms with E-state index in [1.54, 1.807) is 11.3 Å². The summed E-state index contributed by atoms with van der Waals surface area (Å²) in [6, 6.07) is 14.5. The number of carbonyl (C=O) groups is 1. The number of carbonyl (C=O) groups excluding carboxylic acids is 1. The first-order chi connectivity index (χ1) is 11.7. The summed E-state index contributed by atoms with van der Waals surface area (Å²) in [7, 11) is 0. The summed E-state index contributed by atoms with van der Waals surface area (Å²) in [4.78, 5) is 15.6. The lowest BCUT2D eigenvalue weighted by Gasteiger charge is -2.36. The molecule has 4 nitrogen and oxygen atoms in total. The normalized spacial score (nSPS) is 19.8. The van der Waals surface area contributed by atoms with E-state index in [9.17, 15) is 4.79 Å². The fourth-order valence-corrected chi connectivity index (χ4v) is 3.69. The highest BCUT2D eigenvalue weighted by Gasteiger charge is 2.26. The van der Waals surface area contributed by atoms with Gasteiger partial charge in [0.1, 0.15) is 0 Å². The van der Waals surface area contributed by atoms with Gasteiger partial charge in [-0.15, -0.1) is 11.3 Å². The zero-order valence-corrected chi connectivity index (χ0v) is 14.8. The molecule has 2 aromatic rings. The third kappa shape index (κ3) is 4.90. The van der Waals surface area contributed by atoms with Gasteiger partial charge in [-0.1, -0.05) is 36.4 Å². The second kappa shape index (κ2) is 8.42. The molecule has 24 heavy (non-hydrogen) atoms. The van der Waals surface area contributed by atoms with Crippen molar-refractivity contribution >= 4 is 17.2 Å². The van der Waals surface area contributed by atoms with Crippen LogP contribution < -0.4 is 5.32 Å². The lowest BCUT2D eigenvalue weighted by atomic mass is 10.1. The van der Waals surface area contributed by atoms with Crippen LogP contribution in [0.1, 0.15) is 17.4 Å². The Labute approximate surface area is 147 Å². The van der Waals surface area contributed by atoms with E-state index < -0.39 is 0 Å².